The zero-order valence-corrected chi connectivity index (χ0v) is 9.87. The Labute approximate surface area is 93.9 Å². The standard InChI is InChI=1S/C12H14N2O2/c1-7-5-6-10-13-8(2)11(12(15)16-4)14(10)9(7)3/h5-6H,1-4H3. The number of aryl methyl sites for hydroxylation is 3. The Hall–Kier alpha value is -1.84. The highest BCUT2D eigenvalue weighted by molar-refractivity contribution is 5.90. The largest absolute Gasteiger partial charge is 0.464 e. The molecule has 0 atom stereocenters. The number of methoxy groups -OCH3 is 1. The first kappa shape index (κ1) is 10.7. The molecule has 0 bridgehead atoms. The maximum Gasteiger partial charge on any atom is 0.356 e. The third-order valence-electron chi connectivity index (χ3n) is 2.84. The first-order chi connectivity index (χ1) is 7.56. The summed E-state index contributed by atoms with van der Waals surface area (Å²) >= 11 is 0. The van der Waals surface area contributed by atoms with Gasteiger partial charge in [0.25, 0.3) is 0 Å². The van der Waals surface area contributed by atoms with Gasteiger partial charge in [0, 0.05) is 5.69 Å². The molecule has 2 aromatic rings. The van der Waals surface area contributed by atoms with E-state index < -0.39 is 0 Å². The average molecular weight is 218 g/mol. The maximum absolute atomic E-state index is 11.7. The Morgan fingerprint density at radius 3 is 2.62 bits per heavy atom. The highest BCUT2D eigenvalue weighted by Gasteiger charge is 2.18. The molecule has 0 saturated carbocycles. The number of fused-ring (bicyclic) bond motifs is 1. The summed E-state index contributed by atoms with van der Waals surface area (Å²) < 4.78 is 6.62. The van der Waals surface area contributed by atoms with Gasteiger partial charge in [0.1, 0.15) is 5.65 Å². The molecule has 0 aromatic carbocycles. The fourth-order valence-corrected chi connectivity index (χ4v) is 1.83. The van der Waals surface area contributed by atoms with E-state index >= 15 is 0 Å². The third kappa shape index (κ3) is 1.38. The van der Waals surface area contributed by atoms with E-state index in [-0.39, 0.29) is 5.97 Å². The van der Waals surface area contributed by atoms with Gasteiger partial charge in [-0.3, -0.25) is 4.40 Å². The third-order valence-corrected chi connectivity index (χ3v) is 2.84. The number of nitrogens with zero attached hydrogens (tertiary/aromatic N) is 2. The molecular weight excluding hydrogens is 204 g/mol. The summed E-state index contributed by atoms with van der Waals surface area (Å²) in [5.41, 5.74) is 4.12. The van der Waals surface area contributed by atoms with Crippen molar-refractivity contribution < 1.29 is 9.53 Å². The number of aromatic nitrogens is 2. The van der Waals surface area contributed by atoms with E-state index in [2.05, 4.69) is 4.98 Å². The van der Waals surface area contributed by atoms with Gasteiger partial charge in [0.2, 0.25) is 0 Å². The van der Waals surface area contributed by atoms with Crippen LogP contribution in [0.15, 0.2) is 12.1 Å². The van der Waals surface area contributed by atoms with Gasteiger partial charge in [0.05, 0.1) is 12.8 Å². The summed E-state index contributed by atoms with van der Waals surface area (Å²) in [6.45, 7) is 5.79. The summed E-state index contributed by atoms with van der Waals surface area (Å²) in [7, 11) is 1.38. The Kier molecular flexibility index (Phi) is 2.42. The van der Waals surface area contributed by atoms with E-state index in [0.29, 0.717) is 11.4 Å². The van der Waals surface area contributed by atoms with Crippen molar-refractivity contribution in [2.75, 3.05) is 7.11 Å². The molecule has 0 amide bonds. The molecule has 4 nitrogen and oxygen atoms in total. The Bertz CT molecular complexity index is 570. The first-order valence-electron chi connectivity index (χ1n) is 5.10. The second-order valence-electron chi connectivity index (χ2n) is 3.83. The van der Waals surface area contributed by atoms with E-state index in [1.165, 1.54) is 7.11 Å². The summed E-state index contributed by atoms with van der Waals surface area (Å²) in [6.07, 6.45) is 0. The summed E-state index contributed by atoms with van der Waals surface area (Å²) in [6, 6.07) is 3.90. The number of ether oxygens (including phenoxy) is 1. The van der Waals surface area contributed by atoms with Crippen molar-refractivity contribution in [1.82, 2.24) is 9.38 Å². The van der Waals surface area contributed by atoms with Gasteiger partial charge in [-0.15, -0.1) is 0 Å². The van der Waals surface area contributed by atoms with Crippen LogP contribution in [0.4, 0.5) is 0 Å². The minimum Gasteiger partial charge on any atom is -0.464 e. The number of esters is 1. The first-order valence-corrected chi connectivity index (χ1v) is 5.10. The molecule has 2 heterocycles. The van der Waals surface area contributed by atoms with Crippen LogP contribution in [0.3, 0.4) is 0 Å². The van der Waals surface area contributed by atoms with Gasteiger partial charge < -0.3 is 4.74 Å². The molecule has 0 aliphatic carbocycles. The van der Waals surface area contributed by atoms with Crippen LogP contribution in [0, 0.1) is 20.8 Å². The minimum atomic E-state index is -0.348. The SMILES string of the molecule is COC(=O)c1c(C)nc2ccc(C)c(C)n12. The number of carbonyl (C=O) groups excluding carboxylic acids is 1. The number of imidazole rings is 1. The van der Waals surface area contributed by atoms with Gasteiger partial charge in [-0.25, -0.2) is 9.78 Å². The van der Waals surface area contributed by atoms with Crippen molar-refractivity contribution in [2.24, 2.45) is 0 Å². The van der Waals surface area contributed by atoms with Gasteiger partial charge >= 0.3 is 5.97 Å². The fraction of sp³-hybridized carbons (Fsp3) is 0.333. The lowest BCUT2D eigenvalue weighted by atomic mass is 10.2. The zero-order chi connectivity index (χ0) is 11.9. The predicted octanol–water partition coefficient (Wildman–Crippen LogP) is 2.05. The molecule has 0 spiro atoms. The molecule has 0 saturated heterocycles. The number of carbonyl (C=O) groups is 1. The van der Waals surface area contributed by atoms with Crippen LogP contribution >= 0.6 is 0 Å². The van der Waals surface area contributed by atoms with Crippen LogP contribution in [0.1, 0.15) is 27.4 Å². The molecule has 0 unspecified atom stereocenters. The number of hydrogen-bond donors (Lipinski definition) is 0. The summed E-state index contributed by atoms with van der Waals surface area (Å²) in [4.78, 5) is 16.0. The smallest absolute Gasteiger partial charge is 0.356 e. The monoisotopic (exact) mass is 218 g/mol. The molecule has 4 heteroatoms. The van der Waals surface area contributed by atoms with Crippen molar-refractivity contribution in [1.29, 1.82) is 0 Å². The summed E-state index contributed by atoms with van der Waals surface area (Å²) in [5.74, 6) is -0.348. The molecule has 0 radical (unpaired) electrons. The van der Waals surface area contributed by atoms with Crippen molar-refractivity contribution >= 4 is 11.6 Å². The molecule has 0 fully saturated rings. The number of hydrogen-bond acceptors (Lipinski definition) is 3. The molecule has 0 aliphatic rings. The highest BCUT2D eigenvalue weighted by atomic mass is 16.5. The lowest BCUT2D eigenvalue weighted by molar-refractivity contribution is 0.0591. The van der Waals surface area contributed by atoms with Crippen molar-refractivity contribution in [2.45, 2.75) is 20.8 Å². The van der Waals surface area contributed by atoms with E-state index in [0.717, 1.165) is 16.9 Å². The molecule has 2 aromatic heterocycles. The second-order valence-corrected chi connectivity index (χ2v) is 3.83. The Morgan fingerprint density at radius 1 is 1.31 bits per heavy atom. The minimum absolute atomic E-state index is 0.348. The van der Waals surface area contributed by atoms with E-state index in [1.54, 1.807) is 0 Å². The van der Waals surface area contributed by atoms with Crippen LogP contribution < -0.4 is 0 Å². The number of rotatable bonds is 1. The normalized spacial score (nSPS) is 10.8. The van der Waals surface area contributed by atoms with E-state index in [1.807, 2.05) is 37.3 Å². The lowest BCUT2D eigenvalue weighted by Crippen LogP contribution is -2.09. The topological polar surface area (TPSA) is 43.6 Å². The number of pyridine rings is 1. The summed E-state index contributed by atoms with van der Waals surface area (Å²) in [5, 5.41) is 0. The molecule has 2 rings (SSSR count). The fourth-order valence-electron chi connectivity index (χ4n) is 1.83. The molecule has 16 heavy (non-hydrogen) atoms. The van der Waals surface area contributed by atoms with Gasteiger partial charge in [-0.2, -0.15) is 0 Å². The lowest BCUT2D eigenvalue weighted by Gasteiger charge is -2.06. The molecule has 84 valence electrons. The predicted molar refractivity (Wildman–Crippen MR) is 60.7 cm³/mol. The van der Waals surface area contributed by atoms with Gasteiger partial charge in [0.15, 0.2) is 5.69 Å². The highest BCUT2D eigenvalue weighted by Crippen LogP contribution is 2.17. The van der Waals surface area contributed by atoms with Gasteiger partial charge in [-0.1, -0.05) is 6.07 Å². The maximum atomic E-state index is 11.7. The van der Waals surface area contributed by atoms with Crippen molar-refractivity contribution in [3.63, 3.8) is 0 Å². The van der Waals surface area contributed by atoms with E-state index in [9.17, 15) is 4.79 Å². The average Bonchev–Trinajstić information content (AvgIpc) is 2.60. The van der Waals surface area contributed by atoms with Crippen molar-refractivity contribution in [3.05, 3.63) is 34.8 Å². The van der Waals surface area contributed by atoms with Crippen LogP contribution in [0.25, 0.3) is 5.65 Å². The van der Waals surface area contributed by atoms with Crippen LogP contribution in [0.5, 0.6) is 0 Å². The Balaban J connectivity index is 2.86. The molecule has 0 aliphatic heterocycles. The molecule has 0 N–H and O–H groups in total. The second kappa shape index (κ2) is 3.63. The Morgan fingerprint density at radius 2 is 2.00 bits per heavy atom. The van der Waals surface area contributed by atoms with Crippen LogP contribution in [-0.4, -0.2) is 22.5 Å². The van der Waals surface area contributed by atoms with Crippen molar-refractivity contribution in [3.8, 4) is 0 Å². The zero-order valence-electron chi connectivity index (χ0n) is 9.87. The quantitative estimate of drug-likeness (QED) is 0.688. The van der Waals surface area contributed by atoms with Crippen LogP contribution in [-0.2, 0) is 4.74 Å². The van der Waals surface area contributed by atoms with Crippen LogP contribution in [0.2, 0.25) is 0 Å². The molecular formula is C12H14N2O2. The van der Waals surface area contributed by atoms with E-state index in [4.69, 9.17) is 4.74 Å². The van der Waals surface area contributed by atoms with Gasteiger partial charge in [-0.05, 0) is 32.4 Å².